The molecule has 0 radical (unpaired) electrons. The summed E-state index contributed by atoms with van der Waals surface area (Å²) in [5, 5.41) is 3.04. The molecule has 0 bridgehead atoms. The smallest absolute Gasteiger partial charge is 0.251 e. The third kappa shape index (κ3) is 4.90. The van der Waals surface area contributed by atoms with Gasteiger partial charge < -0.3 is 9.88 Å². The standard InChI is InChI=1S/C17H19Cl2N3O4S/c1-3-22(4-2)27(25,26)12-8-9-16(24)21(10-12)11-15(23)20-17-13(18)6-5-7-14(17)19/h5-10H,3-4,11H2,1-2H3,(H,20,23). The maximum Gasteiger partial charge on any atom is 0.251 e. The normalized spacial score (nSPS) is 11.6. The minimum Gasteiger partial charge on any atom is -0.322 e. The molecule has 2 rings (SSSR count). The van der Waals surface area contributed by atoms with Crippen molar-refractivity contribution in [3.8, 4) is 0 Å². The molecule has 0 fully saturated rings. The van der Waals surface area contributed by atoms with E-state index < -0.39 is 21.5 Å². The van der Waals surface area contributed by atoms with E-state index in [9.17, 15) is 18.0 Å². The molecule has 27 heavy (non-hydrogen) atoms. The number of hydrogen-bond donors (Lipinski definition) is 1. The Balaban J connectivity index is 2.29. The maximum atomic E-state index is 12.6. The molecule has 2 aromatic rings. The van der Waals surface area contributed by atoms with Gasteiger partial charge in [0.15, 0.2) is 0 Å². The highest BCUT2D eigenvalue weighted by atomic mass is 35.5. The second kappa shape index (κ2) is 8.88. The fourth-order valence-corrected chi connectivity index (χ4v) is 4.42. The Labute approximate surface area is 167 Å². The van der Waals surface area contributed by atoms with Gasteiger partial charge in [0.05, 0.1) is 20.6 Å². The summed E-state index contributed by atoms with van der Waals surface area (Å²) in [6.45, 7) is 3.64. The first kappa shape index (κ1) is 21.4. The summed E-state index contributed by atoms with van der Waals surface area (Å²) in [6.07, 6.45) is 1.16. The molecule has 1 amide bonds. The molecule has 0 saturated heterocycles. The van der Waals surface area contributed by atoms with Crippen molar-refractivity contribution in [1.29, 1.82) is 0 Å². The number of carbonyl (C=O) groups is 1. The zero-order valence-corrected chi connectivity index (χ0v) is 17.1. The molecule has 1 heterocycles. The van der Waals surface area contributed by atoms with Gasteiger partial charge in [-0.3, -0.25) is 9.59 Å². The van der Waals surface area contributed by atoms with Gasteiger partial charge in [-0.1, -0.05) is 43.1 Å². The molecule has 0 spiro atoms. The van der Waals surface area contributed by atoms with E-state index in [2.05, 4.69) is 5.32 Å². The third-order valence-corrected chi connectivity index (χ3v) is 6.50. The predicted molar refractivity (Wildman–Crippen MR) is 106 cm³/mol. The summed E-state index contributed by atoms with van der Waals surface area (Å²) in [7, 11) is -3.75. The molecule has 7 nitrogen and oxygen atoms in total. The molecule has 0 saturated carbocycles. The van der Waals surface area contributed by atoms with Crippen LogP contribution in [-0.4, -0.2) is 36.3 Å². The molecule has 1 aromatic carbocycles. The Hall–Kier alpha value is -1.87. The molecular formula is C17H19Cl2N3O4S. The summed E-state index contributed by atoms with van der Waals surface area (Å²) in [4.78, 5) is 24.3. The van der Waals surface area contributed by atoms with Crippen molar-refractivity contribution >= 4 is 44.8 Å². The lowest BCUT2D eigenvalue weighted by Gasteiger charge is -2.19. The number of para-hydroxylation sites is 1. The number of amides is 1. The van der Waals surface area contributed by atoms with Crippen molar-refractivity contribution in [3.63, 3.8) is 0 Å². The van der Waals surface area contributed by atoms with Gasteiger partial charge in [0, 0.05) is 25.4 Å². The number of benzene rings is 1. The Morgan fingerprint density at radius 3 is 2.26 bits per heavy atom. The van der Waals surface area contributed by atoms with Gasteiger partial charge >= 0.3 is 0 Å². The number of nitrogens with zero attached hydrogens (tertiary/aromatic N) is 2. The van der Waals surface area contributed by atoms with E-state index in [1.54, 1.807) is 32.0 Å². The number of rotatable bonds is 7. The average Bonchev–Trinajstić information content (AvgIpc) is 2.61. The molecule has 1 N–H and O–H groups in total. The zero-order chi connectivity index (χ0) is 20.2. The van der Waals surface area contributed by atoms with Gasteiger partial charge in [0.1, 0.15) is 6.54 Å². The summed E-state index contributed by atoms with van der Waals surface area (Å²) >= 11 is 12.0. The topological polar surface area (TPSA) is 88.5 Å². The molecule has 0 aliphatic rings. The SMILES string of the molecule is CCN(CC)S(=O)(=O)c1ccc(=O)n(CC(=O)Nc2c(Cl)cccc2Cl)c1. The van der Waals surface area contributed by atoms with Gasteiger partial charge in [0.2, 0.25) is 15.9 Å². The molecule has 0 aliphatic carbocycles. The highest BCUT2D eigenvalue weighted by Gasteiger charge is 2.22. The van der Waals surface area contributed by atoms with Crippen molar-refractivity contribution in [1.82, 2.24) is 8.87 Å². The lowest BCUT2D eigenvalue weighted by Crippen LogP contribution is -2.33. The van der Waals surface area contributed by atoms with Crippen molar-refractivity contribution in [3.05, 3.63) is 56.9 Å². The highest BCUT2D eigenvalue weighted by Crippen LogP contribution is 2.29. The zero-order valence-electron chi connectivity index (χ0n) is 14.8. The molecular weight excluding hydrogens is 413 g/mol. The second-order valence-corrected chi connectivity index (χ2v) is 8.32. The lowest BCUT2D eigenvalue weighted by molar-refractivity contribution is -0.116. The molecule has 146 valence electrons. The fraction of sp³-hybridized carbons (Fsp3) is 0.294. The van der Waals surface area contributed by atoms with Crippen molar-refractivity contribution < 1.29 is 13.2 Å². The Bertz CT molecular complexity index is 981. The minimum absolute atomic E-state index is 0.0608. The Morgan fingerprint density at radius 2 is 1.70 bits per heavy atom. The minimum atomic E-state index is -3.75. The monoisotopic (exact) mass is 431 g/mol. The van der Waals surface area contributed by atoms with Gasteiger partial charge in [-0.25, -0.2) is 8.42 Å². The summed E-state index contributed by atoms with van der Waals surface area (Å²) in [5.74, 6) is -0.565. The van der Waals surface area contributed by atoms with Crippen LogP contribution in [0.5, 0.6) is 0 Å². The Morgan fingerprint density at radius 1 is 1.11 bits per heavy atom. The number of sulfonamides is 1. The van der Waals surface area contributed by atoms with Crippen LogP contribution in [0.2, 0.25) is 10.0 Å². The second-order valence-electron chi connectivity index (χ2n) is 5.57. The third-order valence-electron chi connectivity index (χ3n) is 3.84. The predicted octanol–water partition coefficient (Wildman–Crippen LogP) is 2.82. The number of nitrogens with one attached hydrogen (secondary N) is 1. The quantitative estimate of drug-likeness (QED) is 0.729. The van der Waals surface area contributed by atoms with Crippen LogP contribution in [-0.2, 0) is 21.4 Å². The molecule has 0 aliphatic heterocycles. The van der Waals surface area contributed by atoms with Crippen LogP contribution in [0.4, 0.5) is 5.69 Å². The van der Waals surface area contributed by atoms with E-state index in [1.165, 1.54) is 10.4 Å². The van der Waals surface area contributed by atoms with Gasteiger partial charge in [0.25, 0.3) is 5.56 Å². The van der Waals surface area contributed by atoms with Crippen LogP contribution in [0.1, 0.15) is 13.8 Å². The number of pyridine rings is 1. The first-order chi connectivity index (χ1) is 12.7. The summed E-state index contributed by atoms with van der Waals surface area (Å²) in [5.41, 5.74) is -0.278. The number of halogens is 2. The van der Waals surface area contributed by atoms with E-state index in [1.807, 2.05) is 0 Å². The number of aromatic nitrogens is 1. The van der Waals surface area contributed by atoms with Gasteiger partial charge in [-0.05, 0) is 18.2 Å². The van der Waals surface area contributed by atoms with Crippen LogP contribution < -0.4 is 10.9 Å². The highest BCUT2D eigenvalue weighted by molar-refractivity contribution is 7.89. The van der Waals surface area contributed by atoms with Crippen LogP contribution >= 0.6 is 23.2 Å². The summed E-state index contributed by atoms with van der Waals surface area (Å²) in [6, 6.07) is 7.10. The largest absolute Gasteiger partial charge is 0.322 e. The summed E-state index contributed by atoms with van der Waals surface area (Å²) < 4.78 is 27.5. The van der Waals surface area contributed by atoms with E-state index in [0.717, 1.165) is 16.8 Å². The van der Waals surface area contributed by atoms with Crippen LogP contribution in [0.3, 0.4) is 0 Å². The number of carbonyl (C=O) groups excluding carboxylic acids is 1. The first-order valence-corrected chi connectivity index (χ1v) is 10.3. The number of hydrogen-bond acceptors (Lipinski definition) is 4. The van der Waals surface area contributed by atoms with Crippen LogP contribution in [0.15, 0.2) is 46.2 Å². The molecule has 0 atom stereocenters. The molecule has 10 heteroatoms. The lowest BCUT2D eigenvalue weighted by atomic mass is 10.3. The van der Waals surface area contributed by atoms with Gasteiger partial charge in [-0.15, -0.1) is 0 Å². The van der Waals surface area contributed by atoms with Crippen molar-refractivity contribution in [2.24, 2.45) is 0 Å². The number of anilines is 1. The van der Waals surface area contributed by atoms with Crippen molar-refractivity contribution in [2.45, 2.75) is 25.3 Å². The van der Waals surface area contributed by atoms with Crippen molar-refractivity contribution in [2.75, 3.05) is 18.4 Å². The molecule has 1 aromatic heterocycles. The fourth-order valence-electron chi connectivity index (χ4n) is 2.45. The van der Waals surface area contributed by atoms with Crippen LogP contribution in [0, 0.1) is 0 Å². The first-order valence-electron chi connectivity index (χ1n) is 8.15. The molecule has 0 unspecified atom stereocenters. The van der Waals surface area contributed by atoms with Crippen LogP contribution in [0.25, 0.3) is 0 Å². The Kier molecular flexibility index (Phi) is 7.05. The average molecular weight is 432 g/mol. The van der Waals surface area contributed by atoms with E-state index in [0.29, 0.717) is 13.1 Å². The maximum absolute atomic E-state index is 12.6. The van der Waals surface area contributed by atoms with E-state index in [-0.39, 0.29) is 27.2 Å². The van der Waals surface area contributed by atoms with Gasteiger partial charge in [-0.2, -0.15) is 4.31 Å². The van der Waals surface area contributed by atoms with E-state index in [4.69, 9.17) is 23.2 Å². The van der Waals surface area contributed by atoms with E-state index >= 15 is 0 Å².